The Balaban J connectivity index is 2.16. The van der Waals surface area contributed by atoms with Crippen molar-refractivity contribution in [2.75, 3.05) is 14.2 Å². The topological polar surface area (TPSA) is 57.4 Å². The van der Waals surface area contributed by atoms with Crippen LogP contribution in [0.4, 0.5) is 0 Å². The summed E-state index contributed by atoms with van der Waals surface area (Å²) in [7, 11) is 3.27. The number of benzene rings is 1. The number of ether oxygens (including phenoxy) is 2. The molecule has 112 valence electrons. The van der Waals surface area contributed by atoms with Crippen molar-refractivity contribution < 1.29 is 9.47 Å². The van der Waals surface area contributed by atoms with Gasteiger partial charge in [0.2, 0.25) is 0 Å². The molecular weight excluding hydrogens is 264 g/mol. The van der Waals surface area contributed by atoms with Crippen LogP contribution >= 0.6 is 0 Å². The lowest BCUT2D eigenvalue weighted by Crippen LogP contribution is -2.14. The van der Waals surface area contributed by atoms with Crippen molar-refractivity contribution in [2.24, 2.45) is 5.73 Å². The molecule has 0 bridgehead atoms. The molecule has 0 saturated carbocycles. The summed E-state index contributed by atoms with van der Waals surface area (Å²) in [5.41, 5.74) is 9.49. The summed E-state index contributed by atoms with van der Waals surface area (Å²) in [4.78, 5) is 4.46. The van der Waals surface area contributed by atoms with Gasteiger partial charge in [-0.15, -0.1) is 0 Å². The quantitative estimate of drug-likeness (QED) is 0.887. The third kappa shape index (κ3) is 3.95. The molecule has 0 fully saturated rings. The second-order valence-corrected chi connectivity index (χ2v) is 4.97. The highest BCUT2D eigenvalue weighted by Crippen LogP contribution is 2.26. The lowest BCUT2D eigenvalue weighted by atomic mass is 10.0. The highest BCUT2D eigenvalue weighted by atomic mass is 16.5. The van der Waals surface area contributed by atoms with Crippen molar-refractivity contribution in [1.82, 2.24) is 4.98 Å². The van der Waals surface area contributed by atoms with Gasteiger partial charge in [-0.25, -0.2) is 0 Å². The number of aryl methyl sites for hydroxylation is 1. The molecule has 1 heterocycles. The first-order valence-corrected chi connectivity index (χ1v) is 7.08. The van der Waals surface area contributed by atoms with E-state index in [9.17, 15) is 0 Å². The molecule has 1 aromatic heterocycles. The highest BCUT2D eigenvalue weighted by Gasteiger charge is 2.11. The molecule has 4 nitrogen and oxygen atoms in total. The Morgan fingerprint density at radius 1 is 1.10 bits per heavy atom. The molecule has 0 radical (unpaired) electrons. The average Bonchev–Trinajstić information content (AvgIpc) is 2.54. The van der Waals surface area contributed by atoms with Crippen molar-refractivity contribution in [3.05, 3.63) is 53.3 Å². The molecule has 0 aliphatic heterocycles. The number of nitrogens with two attached hydrogens (primary N) is 1. The van der Waals surface area contributed by atoms with E-state index in [-0.39, 0.29) is 6.04 Å². The van der Waals surface area contributed by atoms with Crippen LogP contribution in [0.2, 0.25) is 0 Å². The van der Waals surface area contributed by atoms with E-state index < -0.39 is 0 Å². The fourth-order valence-corrected chi connectivity index (χ4v) is 2.17. The average molecular weight is 286 g/mol. The third-order valence-corrected chi connectivity index (χ3v) is 3.53. The fraction of sp³-hybridized carbons (Fsp3) is 0.353. The van der Waals surface area contributed by atoms with Crippen LogP contribution in [0.5, 0.6) is 11.5 Å². The van der Waals surface area contributed by atoms with E-state index >= 15 is 0 Å². The molecule has 0 aliphatic carbocycles. The van der Waals surface area contributed by atoms with Gasteiger partial charge >= 0.3 is 0 Å². The Morgan fingerprint density at radius 2 is 1.76 bits per heavy atom. The van der Waals surface area contributed by atoms with Crippen LogP contribution in [0.1, 0.15) is 29.8 Å². The normalized spacial score (nSPS) is 12.0. The van der Waals surface area contributed by atoms with Gasteiger partial charge in [0.1, 0.15) is 11.5 Å². The number of hydrogen-bond acceptors (Lipinski definition) is 4. The van der Waals surface area contributed by atoms with Crippen LogP contribution in [-0.2, 0) is 12.8 Å². The summed E-state index contributed by atoms with van der Waals surface area (Å²) < 4.78 is 10.6. The first kappa shape index (κ1) is 15.3. The minimum absolute atomic E-state index is 0.144. The Kier molecular flexibility index (Phi) is 5.17. The minimum Gasteiger partial charge on any atom is -0.497 e. The molecule has 2 N–H and O–H groups in total. The van der Waals surface area contributed by atoms with Crippen LogP contribution in [0.3, 0.4) is 0 Å². The number of hydrogen-bond donors (Lipinski definition) is 1. The molecule has 21 heavy (non-hydrogen) atoms. The SMILES string of the molecule is CCc1ccc(CC(N)c2cc(OC)cc(OC)c2)nc1. The van der Waals surface area contributed by atoms with Crippen LogP contribution in [-0.4, -0.2) is 19.2 Å². The maximum atomic E-state index is 6.29. The van der Waals surface area contributed by atoms with E-state index in [1.54, 1.807) is 14.2 Å². The summed E-state index contributed by atoms with van der Waals surface area (Å²) in [5, 5.41) is 0. The molecule has 1 atom stereocenters. The van der Waals surface area contributed by atoms with Gasteiger partial charge in [0.25, 0.3) is 0 Å². The minimum atomic E-state index is -0.144. The van der Waals surface area contributed by atoms with Gasteiger partial charge in [-0.3, -0.25) is 4.98 Å². The van der Waals surface area contributed by atoms with Crippen molar-refractivity contribution in [2.45, 2.75) is 25.8 Å². The zero-order chi connectivity index (χ0) is 15.2. The van der Waals surface area contributed by atoms with E-state index in [1.165, 1.54) is 5.56 Å². The van der Waals surface area contributed by atoms with Gasteiger partial charge in [0.15, 0.2) is 0 Å². The van der Waals surface area contributed by atoms with E-state index in [4.69, 9.17) is 15.2 Å². The van der Waals surface area contributed by atoms with Gasteiger partial charge < -0.3 is 15.2 Å². The Hall–Kier alpha value is -2.07. The monoisotopic (exact) mass is 286 g/mol. The zero-order valence-corrected chi connectivity index (χ0v) is 12.8. The first-order valence-electron chi connectivity index (χ1n) is 7.08. The maximum Gasteiger partial charge on any atom is 0.122 e. The molecule has 0 saturated heterocycles. The van der Waals surface area contributed by atoms with E-state index in [0.29, 0.717) is 6.42 Å². The summed E-state index contributed by atoms with van der Waals surface area (Å²) in [6, 6.07) is 9.71. The summed E-state index contributed by atoms with van der Waals surface area (Å²) >= 11 is 0. The van der Waals surface area contributed by atoms with Crippen LogP contribution < -0.4 is 15.2 Å². The maximum absolute atomic E-state index is 6.29. The number of methoxy groups -OCH3 is 2. The number of rotatable bonds is 6. The van der Waals surface area contributed by atoms with Crippen molar-refractivity contribution >= 4 is 0 Å². The Bertz CT molecular complexity index is 560. The Morgan fingerprint density at radius 3 is 2.24 bits per heavy atom. The van der Waals surface area contributed by atoms with Crippen LogP contribution in [0, 0.1) is 0 Å². The van der Waals surface area contributed by atoms with Crippen LogP contribution in [0.25, 0.3) is 0 Å². The lowest BCUT2D eigenvalue weighted by molar-refractivity contribution is 0.392. The first-order chi connectivity index (χ1) is 10.2. The molecule has 1 aromatic carbocycles. The molecule has 4 heteroatoms. The Labute approximate surface area is 125 Å². The van der Waals surface area contributed by atoms with E-state index in [2.05, 4.69) is 18.0 Å². The molecule has 2 aromatic rings. The van der Waals surface area contributed by atoms with Gasteiger partial charge in [-0.1, -0.05) is 13.0 Å². The predicted molar refractivity (Wildman–Crippen MR) is 83.8 cm³/mol. The smallest absolute Gasteiger partial charge is 0.122 e. The number of pyridine rings is 1. The second-order valence-electron chi connectivity index (χ2n) is 4.97. The van der Waals surface area contributed by atoms with E-state index in [1.807, 2.05) is 30.5 Å². The largest absolute Gasteiger partial charge is 0.497 e. The summed E-state index contributed by atoms with van der Waals surface area (Å²) in [6.07, 6.45) is 3.58. The van der Waals surface area contributed by atoms with Crippen molar-refractivity contribution in [1.29, 1.82) is 0 Å². The predicted octanol–water partition coefficient (Wildman–Crippen LogP) is 2.90. The second kappa shape index (κ2) is 7.09. The summed E-state index contributed by atoms with van der Waals surface area (Å²) in [6.45, 7) is 2.12. The van der Waals surface area contributed by atoms with Gasteiger partial charge in [-0.05, 0) is 35.7 Å². The summed E-state index contributed by atoms with van der Waals surface area (Å²) in [5.74, 6) is 1.49. The molecule has 1 unspecified atom stereocenters. The van der Waals surface area contributed by atoms with Crippen LogP contribution in [0.15, 0.2) is 36.5 Å². The number of nitrogens with zero attached hydrogens (tertiary/aromatic N) is 1. The van der Waals surface area contributed by atoms with Gasteiger partial charge in [0.05, 0.1) is 14.2 Å². The molecular formula is C17H22N2O2. The molecule has 0 aliphatic rings. The fourth-order valence-electron chi connectivity index (χ4n) is 2.17. The highest BCUT2D eigenvalue weighted by molar-refractivity contribution is 5.40. The zero-order valence-electron chi connectivity index (χ0n) is 12.8. The molecule has 0 amide bonds. The number of aromatic nitrogens is 1. The molecule has 0 spiro atoms. The lowest BCUT2D eigenvalue weighted by Gasteiger charge is -2.14. The van der Waals surface area contributed by atoms with Crippen molar-refractivity contribution in [3.8, 4) is 11.5 Å². The van der Waals surface area contributed by atoms with Gasteiger partial charge in [-0.2, -0.15) is 0 Å². The van der Waals surface area contributed by atoms with Crippen molar-refractivity contribution in [3.63, 3.8) is 0 Å². The standard InChI is InChI=1S/C17H22N2O2/c1-4-12-5-6-14(19-11-12)9-17(18)13-7-15(20-2)10-16(8-13)21-3/h5-8,10-11,17H,4,9,18H2,1-3H3. The van der Waals surface area contributed by atoms with E-state index in [0.717, 1.165) is 29.2 Å². The van der Waals surface area contributed by atoms with Gasteiger partial charge in [0, 0.05) is 30.4 Å². The third-order valence-electron chi connectivity index (χ3n) is 3.53. The molecule has 2 rings (SSSR count).